The number of amides is 1. The maximum absolute atomic E-state index is 11.6. The van der Waals surface area contributed by atoms with Gasteiger partial charge in [-0.25, -0.2) is 4.98 Å². The van der Waals surface area contributed by atoms with Crippen LogP contribution in [0.4, 0.5) is 5.82 Å². The lowest BCUT2D eigenvalue weighted by molar-refractivity contribution is -0.127. The van der Waals surface area contributed by atoms with Crippen molar-refractivity contribution < 1.29 is 9.53 Å². The molecule has 0 unspecified atom stereocenters. The molecule has 4 rings (SSSR count). The van der Waals surface area contributed by atoms with E-state index in [2.05, 4.69) is 14.8 Å². The number of carbonyl (C=O) groups is 1. The van der Waals surface area contributed by atoms with Gasteiger partial charge in [0.05, 0.1) is 6.61 Å². The Balaban J connectivity index is 1.17. The highest BCUT2D eigenvalue weighted by Gasteiger charge is 2.31. The monoisotopic (exact) mass is 414 g/mol. The Kier molecular flexibility index (Phi) is 6.51. The molecule has 30 heavy (non-hydrogen) atoms. The number of fused-ring (bicyclic) bond motifs is 1. The summed E-state index contributed by atoms with van der Waals surface area (Å²) in [5.74, 6) is 3.51. The minimum absolute atomic E-state index is 0.160. The summed E-state index contributed by atoms with van der Waals surface area (Å²) in [6.45, 7) is 10.3. The number of hydrogen-bond acceptors (Lipinski definition) is 5. The third kappa shape index (κ3) is 4.90. The third-order valence-electron chi connectivity index (χ3n) is 7.56. The summed E-state index contributed by atoms with van der Waals surface area (Å²) in [7, 11) is 0. The summed E-state index contributed by atoms with van der Waals surface area (Å²) in [5, 5.41) is 0. The number of ether oxygens (including phenoxy) is 1. The van der Waals surface area contributed by atoms with Crippen LogP contribution in [0.15, 0.2) is 12.3 Å². The molecule has 0 bridgehead atoms. The van der Waals surface area contributed by atoms with Crippen LogP contribution in [-0.2, 0) is 11.2 Å². The molecule has 6 heteroatoms. The van der Waals surface area contributed by atoms with Gasteiger partial charge in [-0.15, -0.1) is 0 Å². The molecule has 2 aliphatic heterocycles. The zero-order valence-electron chi connectivity index (χ0n) is 18.7. The van der Waals surface area contributed by atoms with Crippen LogP contribution in [0.25, 0.3) is 0 Å². The van der Waals surface area contributed by atoms with Crippen molar-refractivity contribution in [1.29, 1.82) is 0 Å². The van der Waals surface area contributed by atoms with E-state index >= 15 is 0 Å². The Bertz CT molecular complexity index is 735. The van der Waals surface area contributed by atoms with E-state index in [1.807, 2.05) is 26.1 Å². The summed E-state index contributed by atoms with van der Waals surface area (Å²) in [6, 6.07) is 1.99. The highest BCUT2D eigenvalue weighted by Crippen LogP contribution is 2.38. The number of hydrogen-bond donors (Lipinski definition) is 1. The van der Waals surface area contributed by atoms with Crippen molar-refractivity contribution in [3.05, 3.63) is 17.8 Å². The highest BCUT2D eigenvalue weighted by molar-refractivity contribution is 5.79. The number of rotatable bonds is 7. The Labute approximate surface area is 181 Å². The second-order valence-corrected chi connectivity index (χ2v) is 10.2. The Morgan fingerprint density at radius 1 is 1.17 bits per heavy atom. The van der Waals surface area contributed by atoms with E-state index in [-0.39, 0.29) is 11.3 Å². The van der Waals surface area contributed by atoms with Gasteiger partial charge in [0.2, 0.25) is 5.91 Å². The maximum atomic E-state index is 11.6. The molecule has 166 valence electrons. The SMILES string of the molecule is CC(C)(CC1CCC(CCN2CCN(c3nccc4c3CCO4)CC2)CC1)C(N)=O. The van der Waals surface area contributed by atoms with Gasteiger partial charge in [0.15, 0.2) is 0 Å². The van der Waals surface area contributed by atoms with Gasteiger partial charge in [-0.3, -0.25) is 9.69 Å². The Hall–Kier alpha value is -1.82. The van der Waals surface area contributed by atoms with E-state index in [1.165, 1.54) is 44.2 Å². The van der Waals surface area contributed by atoms with Gasteiger partial charge in [-0.2, -0.15) is 0 Å². The molecule has 2 N–H and O–H groups in total. The molecule has 1 aromatic heterocycles. The molecular weight excluding hydrogens is 376 g/mol. The van der Waals surface area contributed by atoms with Crippen LogP contribution in [-0.4, -0.2) is 55.1 Å². The number of piperazine rings is 1. The molecule has 0 aromatic carbocycles. The number of nitrogens with two attached hydrogens (primary N) is 1. The number of anilines is 1. The van der Waals surface area contributed by atoms with E-state index in [9.17, 15) is 4.79 Å². The zero-order valence-corrected chi connectivity index (χ0v) is 18.7. The Morgan fingerprint density at radius 3 is 2.57 bits per heavy atom. The number of aromatic nitrogens is 1. The van der Waals surface area contributed by atoms with Crippen molar-refractivity contribution in [2.75, 3.05) is 44.2 Å². The summed E-state index contributed by atoms with van der Waals surface area (Å²) >= 11 is 0. The summed E-state index contributed by atoms with van der Waals surface area (Å²) in [6.07, 6.45) is 10.2. The molecule has 1 aromatic rings. The Morgan fingerprint density at radius 2 is 1.87 bits per heavy atom. The average Bonchev–Trinajstić information content (AvgIpc) is 3.22. The minimum Gasteiger partial charge on any atom is -0.493 e. The number of nitrogens with zero attached hydrogens (tertiary/aromatic N) is 3. The van der Waals surface area contributed by atoms with Gasteiger partial charge < -0.3 is 15.4 Å². The maximum Gasteiger partial charge on any atom is 0.223 e. The molecule has 0 radical (unpaired) electrons. The van der Waals surface area contributed by atoms with Crippen LogP contribution in [0.3, 0.4) is 0 Å². The van der Waals surface area contributed by atoms with Crippen LogP contribution in [0, 0.1) is 17.3 Å². The van der Waals surface area contributed by atoms with Crippen molar-refractivity contribution in [3.63, 3.8) is 0 Å². The first-order valence-electron chi connectivity index (χ1n) is 11.8. The summed E-state index contributed by atoms with van der Waals surface area (Å²) in [5.41, 5.74) is 6.49. The first kappa shape index (κ1) is 21.4. The van der Waals surface area contributed by atoms with E-state index in [0.29, 0.717) is 5.92 Å². The highest BCUT2D eigenvalue weighted by atomic mass is 16.5. The van der Waals surface area contributed by atoms with Gasteiger partial charge in [0.25, 0.3) is 0 Å². The second-order valence-electron chi connectivity index (χ2n) is 10.2. The lowest BCUT2D eigenvalue weighted by Crippen LogP contribution is -2.47. The van der Waals surface area contributed by atoms with E-state index < -0.39 is 0 Å². The van der Waals surface area contributed by atoms with Crippen LogP contribution in [0.5, 0.6) is 5.75 Å². The molecule has 1 saturated heterocycles. The van der Waals surface area contributed by atoms with Gasteiger partial charge in [0.1, 0.15) is 11.6 Å². The lowest BCUT2D eigenvalue weighted by Gasteiger charge is -2.37. The molecule has 2 fully saturated rings. The van der Waals surface area contributed by atoms with Crippen LogP contribution in [0.1, 0.15) is 57.9 Å². The van der Waals surface area contributed by atoms with Crippen LogP contribution in [0.2, 0.25) is 0 Å². The van der Waals surface area contributed by atoms with Crippen LogP contribution >= 0.6 is 0 Å². The number of carbonyl (C=O) groups excluding carboxylic acids is 1. The topological polar surface area (TPSA) is 71.7 Å². The number of pyridine rings is 1. The smallest absolute Gasteiger partial charge is 0.223 e. The van der Waals surface area contributed by atoms with Crippen molar-refractivity contribution in [2.45, 2.75) is 58.8 Å². The average molecular weight is 415 g/mol. The molecule has 0 spiro atoms. The molecule has 1 amide bonds. The van der Waals surface area contributed by atoms with Crippen molar-refractivity contribution in [3.8, 4) is 5.75 Å². The molecular formula is C24H38N4O2. The number of primary amides is 1. The summed E-state index contributed by atoms with van der Waals surface area (Å²) < 4.78 is 5.70. The van der Waals surface area contributed by atoms with Gasteiger partial charge in [-0.05, 0) is 37.3 Å². The first-order chi connectivity index (χ1) is 14.4. The standard InChI is InChI=1S/C24H38N4O2/c1-24(2,23(25)29)17-19-5-3-18(4-6-19)8-11-27-12-14-28(15-13-27)22-20-9-16-30-21(20)7-10-26-22/h7,10,18-19H,3-6,8-9,11-17H2,1-2H3,(H2,25,29). The molecule has 3 heterocycles. The van der Waals surface area contributed by atoms with Gasteiger partial charge in [-0.1, -0.05) is 39.5 Å². The van der Waals surface area contributed by atoms with Gasteiger partial charge in [0, 0.05) is 49.8 Å². The lowest BCUT2D eigenvalue weighted by atomic mass is 9.73. The minimum atomic E-state index is -0.364. The van der Waals surface area contributed by atoms with Crippen molar-refractivity contribution >= 4 is 11.7 Å². The normalized spacial score (nSPS) is 25.1. The van der Waals surface area contributed by atoms with Gasteiger partial charge >= 0.3 is 0 Å². The fourth-order valence-electron chi connectivity index (χ4n) is 5.47. The first-order valence-corrected chi connectivity index (χ1v) is 11.8. The largest absolute Gasteiger partial charge is 0.493 e. The molecule has 0 atom stereocenters. The van der Waals surface area contributed by atoms with Crippen molar-refractivity contribution in [2.24, 2.45) is 23.0 Å². The second kappa shape index (κ2) is 9.13. The molecule has 6 nitrogen and oxygen atoms in total. The van der Waals surface area contributed by atoms with Crippen LogP contribution < -0.4 is 15.4 Å². The fraction of sp³-hybridized carbons (Fsp3) is 0.750. The summed E-state index contributed by atoms with van der Waals surface area (Å²) in [4.78, 5) is 21.3. The zero-order chi connectivity index (χ0) is 21.1. The molecule has 3 aliphatic rings. The predicted octanol–water partition coefficient (Wildman–Crippen LogP) is 3.24. The quantitative estimate of drug-likeness (QED) is 0.742. The van der Waals surface area contributed by atoms with Crippen molar-refractivity contribution in [1.82, 2.24) is 9.88 Å². The third-order valence-corrected chi connectivity index (χ3v) is 7.56. The molecule has 1 saturated carbocycles. The predicted molar refractivity (Wildman–Crippen MR) is 120 cm³/mol. The van der Waals surface area contributed by atoms with E-state index in [0.717, 1.165) is 63.1 Å². The van der Waals surface area contributed by atoms with E-state index in [1.54, 1.807) is 0 Å². The fourth-order valence-corrected chi connectivity index (χ4v) is 5.47. The van der Waals surface area contributed by atoms with E-state index in [4.69, 9.17) is 10.5 Å². The molecule has 1 aliphatic carbocycles.